The highest BCUT2D eigenvalue weighted by Crippen LogP contribution is 2.37. The molecule has 2 aromatic rings. The van der Waals surface area contributed by atoms with E-state index in [1.54, 1.807) is 0 Å². The third kappa shape index (κ3) is 4.79. The minimum atomic E-state index is -4.48. The summed E-state index contributed by atoms with van der Waals surface area (Å²) in [4.78, 5) is 6.38. The fourth-order valence-electron chi connectivity index (χ4n) is 2.72. The standard InChI is InChI=1S/C17H19F3N4O2.ClH/c1-3-8-25-14-5-4-11(17(18,19)20)9-12(14)16-22-15(23-26-16)13-10-21-6-7-24(13)2;/h3-5,9,13,21H,1,6-8,10H2,2H3;1H. The van der Waals surface area contributed by atoms with Gasteiger partial charge in [-0.15, -0.1) is 12.4 Å². The van der Waals surface area contributed by atoms with E-state index in [4.69, 9.17) is 9.26 Å². The Morgan fingerprint density at radius 1 is 1.44 bits per heavy atom. The number of halogens is 4. The van der Waals surface area contributed by atoms with Crippen LogP contribution in [-0.4, -0.2) is 48.3 Å². The highest BCUT2D eigenvalue weighted by Gasteiger charge is 2.32. The summed E-state index contributed by atoms with van der Waals surface area (Å²) < 4.78 is 49.9. The number of nitrogens with zero attached hydrogens (tertiary/aromatic N) is 3. The van der Waals surface area contributed by atoms with Gasteiger partial charge in [0.25, 0.3) is 5.89 Å². The Morgan fingerprint density at radius 2 is 2.22 bits per heavy atom. The normalized spacial score (nSPS) is 18.0. The molecule has 1 saturated heterocycles. The average Bonchev–Trinajstić information content (AvgIpc) is 3.09. The molecule has 2 heterocycles. The van der Waals surface area contributed by atoms with E-state index in [2.05, 4.69) is 26.9 Å². The van der Waals surface area contributed by atoms with Crippen molar-refractivity contribution in [3.63, 3.8) is 0 Å². The Labute approximate surface area is 160 Å². The average molecular weight is 405 g/mol. The highest BCUT2D eigenvalue weighted by atomic mass is 35.5. The Morgan fingerprint density at radius 3 is 2.89 bits per heavy atom. The summed E-state index contributed by atoms with van der Waals surface area (Å²) in [6.45, 7) is 5.99. The van der Waals surface area contributed by atoms with Gasteiger partial charge in [0.2, 0.25) is 0 Å². The van der Waals surface area contributed by atoms with Crippen molar-refractivity contribution < 1.29 is 22.4 Å². The minimum absolute atomic E-state index is 0. The van der Waals surface area contributed by atoms with Crippen molar-refractivity contribution in [2.45, 2.75) is 12.2 Å². The molecule has 1 aromatic heterocycles. The van der Waals surface area contributed by atoms with Crippen LogP contribution >= 0.6 is 12.4 Å². The van der Waals surface area contributed by atoms with Crippen LogP contribution in [0.5, 0.6) is 5.75 Å². The summed E-state index contributed by atoms with van der Waals surface area (Å²) in [7, 11) is 1.93. The Hall–Kier alpha value is -2.10. The van der Waals surface area contributed by atoms with Gasteiger partial charge in [0, 0.05) is 19.6 Å². The van der Waals surface area contributed by atoms with Crippen LogP contribution in [0.15, 0.2) is 35.4 Å². The second-order valence-corrected chi connectivity index (χ2v) is 5.97. The van der Waals surface area contributed by atoms with E-state index >= 15 is 0 Å². The zero-order valence-corrected chi connectivity index (χ0v) is 15.4. The van der Waals surface area contributed by atoms with Crippen LogP contribution < -0.4 is 10.1 Å². The quantitative estimate of drug-likeness (QED) is 0.771. The lowest BCUT2D eigenvalue weighted by atomic mass is 10.1. The molecule has 0 saturated carbocycles. The van der Waals surface area contributed by atoms with E-state index < -0.39 is 11.7 Å². The first-order chi connectivity index (χ1) is 12.4. The van der Waals surface area contributed by atoms with E-state index in [-0.39, 0.29) is 42.3 Å². The van der Waals surface area contributed by atoms with E-state index in [1.807, 2.05) is 7.05 Å². The number of benzene rings is 1. The van der Waals surface area contributed by atoms with E-state index in [1.165, 1.54) is 12.1 Å². The van der Waals surface area contributed by atoms with Crippen LogP contribution in [0.2, 0.25) is 0 Å². The fraction of sp³-hybridized carbons (Fsp3) is 0.412. The van der Waals surface area contributed by atoms with Crippen molar-refractivity contribution in [2.75, 3.05) is 33.3 Å². The smallest absolute Gasteiger partial charge is 0.416 e. The molecule has 27 heavy (non-hydrogen) atoms. The van der Waals surface area contributed by atoms with Crippen molar-refractivity contribution in [3.8, 4) is 17.2 Å². The summed E-state index contributed by atoms with van der Waals surface area (Å²) >= 11 is 0. The van der Waals surface area contributed by atoms with Gasteiger partial charge in [0.15, 0.2) is 5.82 Å². The Balaban J connectivity index is 0.00000261. The maximum absolute atomic E-state index is 13.1. The Kier molecular flexibility index (Phi) is 6.85. The number of aromatic nitrogens is 2. The number of ether oxygens (including phenoxy) is 1. The summed E-state index contributed by atoms with van der Waals surface area (Å²) in [6, 6.07) is 3.06. The molecule has 1 aromatic carbocycles. The third-order valence-corrected chi connectivity index (χ3v) is 4.14. The predicted octanol–water partition coefficient (Wildman–Crippen LogP) is 3.32. The van der Waals surface area contributed by atoms with E-state index in [9.17, 15) is 13.2 Å². The number of rotatable bonds is 5. The monoisotopic (exact) mass is 404 g/mol. The predicted molar refractivity (Wildman–Crippen MR) is 95.9 cm³/mol. The molecule has 3 rings (SSSR count). The molecule has 0 aliphatic carbocycles. The van der Waals surface area contributed by atoms with Crippen molar-refractivity contribution in [1.29, 1.82) is 0 Å². The van der Waals surface area contributed by atoms with Crippen molar-refractivity contribution in [1.82, 2.24) is 20.4 Å². The van der Waals surface area contributed by atoms with Gasteiger partial charge in [-0.3, -0.25) is 4.90 Å². The minimum Gasteiger partial charge on any atom is -0.489 e. The topological polar surface area (TPSA) is 63.4 Å². The first-order valence-electron chi connectivity index (χ1n) is 8.10. The van der Waals surface area contributed by atoms with Crippen LogP contribution in [0.3, 0.4) is 0 Å². The van der Waals surface area contributed by atoms with Crippen LogP contribution in [-0.2, 0) is 6.18 Å². The second kappa shape index (κ2) is 8.73. The lowest BCUT2D eigenvalue weighted by Gasteiger charge is -2.30. The zero-order chi connectivity index (χ0) is 18.7. The van der Waals surface area contributed by atoms with Gasteiger partial charge in [0.05, 0.1) is 17.2 Å². The van der Waals surface area contributed by atoms with Crippen LogP contribution in [0.1, 0.15) is 17.4 Å². The summed E-state index contributed by atoms with van der Waals surface area (Å²) in [6.07, 6.45) is -2.98. The molecule has 0 bridgehead atoms. The van der Waals surface area contributed by atoms with Crippen LogP contribution in [0, 0.1) is 0 Å². The molecule has 6 nitrogen and oxygen atoms in total. The number of hydrogen-bond acceptors (Lipinski definition) is 6. The largest absolute Gasteiger partial charge is 0.489 e. The first-order valence-corrected chi connectivity index (χ1v) is 8.10. The van der Waals surface area contributed by atoms with Crippen molar-refractivity contribution >= 4 is 12.4 Å². The zero-order valence-electron chi connectivity index (χ0n) is 14.6. The molecule has 1 unspecified atom stereocenters. The molecule has 0 spiro atoms. The van der Waals surface area contributed by atoms with Crippen LogP contribution in [0.4, 0.5) is 13.2 Å². The van der Waals surface area contributed by atoms with Crippen LogP contribution in [0.25, 0.3) is 11.5 Å². The molecule has 0 amide bonds. The maximum Gasteiger partial charge on any atom is 0.416 e. The van der Waals surface area contributed by atoms with Gasteiger partial charge >= 0.3 is 6.18 Å². The van der Waals surface area contributed by atoms with Gasteiger partial charge in [-0.2, -0.15) is 18.2 Å². The van der Waals surface area contributed by atoms with Crippen molar-refractivity contribution in [3.05, 3.63) is 42.2 Å². The van der Waals surface area contributed by atoms with Gasteiger partial charge in [-0.25, -0.2) is 0 Å². The van der Waals surface area contributed by atoms with E-state index in [0.29, 0.717) is 12.4 Å². The summed E-state index contributed by atoms with van der Waals surface area (Å²) in [5.41, 5.74) is -0.707. The molecule has 1 aliphatic rings. The highest BCUT2D eigenvalue weighted by molar-refractivity contribution is 5.85. The molecule has 1 atom stereocenters. The van der Waals surface area contributed by atoms with Gasteiger partial charge in [-0.05, 0) is 25.2 Å². The molecular weight excluding hydrogens is 385 g/mol. The number of piperazine rings is 1. The summed E-state index contributed by atoms with van der Waals surface area (Å²) in [5.74, 6) is 0.633. The lowest BCUT2D eigenvalue weighted by molar-refractivity contribution is -0.137. The summed E-state index contributed by atoms with van der Waals surface area (Å²) in [5, 5.41) is 7.19. The van der Waals surface area contributed by atoms with Gasteiger partial charge in [-0.1, -0.05) is 17.8 Å². The molecule has 1 N–H and O–H groups in total. The Bertz CT molecular complexity index is 782. The molecule has 1 fully saturated rings. The number of hydrogen-bond donors (Lipinski definition) is 1. The number of likely N-dealkylation sites (N-methyl/N-ethyl adjacent to an activating group) is 1. The van der Waals surface area contributed by atoms with Gasteiger partial charge in [0.1, 0.15) is 12.4 Å². The fourth-order valence-corrected chi connectivity index (χ4v) is 2.72. The second-order valence-electron chi connectivity index (χ2n) is 5.97. The molecule has 10 heteroatoms. The van der Waals surface area contributed by atoms with Gasteiger partial charge < -0.3 is 14.6 Å². The number of nitrogens with one attached hydrogen (secondary N) is 1. The first kappa shape index (κ1) is 21.2. The third-order valence-electron chi connectivity index (χ3n) is 4.14. The lowest BCUT2D eigenvalue weighted by Crippen LogP contribution is -2.44. The van der Waals surface area contributed by atoms with Crippen molar-refractivity contribution in [2.24, 2.45) is 0 Å². The molecule has 1 aliphatic heterocycles. The van der Waals surface area contributed by atoms with E-state index in [0.717, 1.165) is 25.2 Å². The maximum atomic E-state index is 13.1. The number of alkyl halides is 3. The molecule has 0 radical (unpaired) electrons. The molecule has 148 valence electrons. The SMILES string of the molecule is C=CCOc1ccc(C(F)(F)F)cc1-c1nc(C2CNCCN2C)no1.Cl. The molecular formula is C17H20ClF3N4O2.